The summed E-state index contributed by atoms with van der Waals surface area (Å²) >= 11 is -0.646. The second kappa shape index (κ2) is 10.8. The standard InChI is InChI=1S/C25H25N3O4S2/c1-3-7-20-14-21(25(33-20)27-34(30)31)18-12-10-17(11-13-18)15-28-22(16-29)24(32-2)26-23(28)19-8-5-4-6-9-19/h4-6,8-14,16,27H,3,7,15H2,1-2H3,(H,30,31). The molecule has 0 saturated heterocycles. The van der Waals surface area contributed by atoms with Gasteiger partial charge in [0.15, 0.2) is 6.29 Å². The Hall–Kier alpha value is -3.27. The minimum Gasteiger partial charge on any atom is -0.479 e. The van der Waals surface area contributed by atoms with Gasteiger partial charge in [0.1, 0.15) is 16.5 Å². The number of thiophene rings is 1. The number of carbonyl (C=O) groups excluding carboxylic acids is 1. The van der Waals surface area contributed by atoms with Gasteiger partial charge in [-0.25, -0.2) is 4.21 Å². The fraction of sp³-hybridized carbons (Fsp3) is 0.200. The summed E-state index contributed by atoms with van der Waals surface area (Å²) in [6, 6.07) is 19.7. The zero-order chi connectivity index (χ0) is 24.1. The van der Waals surface area contributed by atoms with Gasteiger partial charge in [-0.15, -0.1) is 11.3 Å². The quantitative estimate of drug-likeness (QED) is 0.219. The molecule has 2 heterocycles. The molecule has 1 unspecified atom stereocenters. The van der Waals surface area contributed by atoms with Crippen LogP contribution in [0.2, 0.25) is 0 Å². The summed E-state index contributed by atoms with van der Waals surface area (Å²) < 4.78 is 30.5. The van der Waals surface area contributed by atoms with E-state index < -0.39 is 11.3 Å². The van der Waals surface area contributed by atoms with Crippen molar-refractivity contribution >= 4 is 33.9 Å². The largest absolute Gasteiger partial charge is 0.479 e. The first kappa shape index (κ1) is 23.9. The second-order valence-corrected chi connectivity index (χ2v) is 9.49. The summed E-state index contributed by atoms with van der Waals surface area (Å²) in [5.41, 5.74) is 4.08. The molecule has 1 atom stereocenters. The highest BCUT2D eigenvalue weighted by molar-refractivity contribution is 7.80. The number of anilines is 1. The maximum absolute atomic E-state index is 11.9. The average molecular weight is 496 g/mol. The minimum atomic E-state index is -2.14. The summed E-state index contributed by atoms with van der Waals surface area (Å²) in [5, 5.41) is 0.672. The molecule has 176 valence electrons. The van der Waals surface area contributed by atoms with E-state index in [9.17, 15) is 13.6 Å². The number of rotatable bonds is 10. The number of imidazole rings is 1. The number of hydrogen-bond donors (Lipinski definition) is 2. The van der Waals surface area contributed by atoms with E-state index in [1.54, 1.807) is 0 Å². The van der Waals surface area contributed by atoms with Crippen molar-refractivity contribution in [3.63, 3.8) is 0 Å². The summed E-state index contributed by atoms with van der Waals surface area (Å²) in [5.74, 6) is 0.947. The van der Waals surface area contributed by atoms with Crippen LogP contribution in [0, 0.1) is 0 Å². The number of nitrogens with one attached hydrogen (secondary N) is 1. The smallest absolute Gasteiger partial charge is 0.259 e. The van der Waals surface area contributed by atoms with E-state index in [-0.39, 0.29) is 0 Å². The SMILES string of the molecule is CCCc1cc(-c2ccc(Cn3c(-c4ccccc4)nc(OC)c3C=O)cc2)c(NS(=O)O)s1. The van der Waals surface area contributed by atoms with Crippen LogP contribution < -0.4 is 9.46 Å². The number of hydrogen-bond acceptors (Lipinski definition) is 5. The fourth-order valence-electron chi connectivity index (χ4n) is 3.83. The highest BCUT2D eigenvalue weighted by atomic mass is 32.2. The number of aromatic nitrogens is 2. The minimum absolute atomic E-state index is 0.292. The zero-order valence-corrected chi connectivity index (χ0v) is 20.5. The lowest BCUT2D eigenvalue weighted by Crippen LogP contribution is -2.06. The zero-order valence-electron chi connectivity index (χ0n) is 18.9. The van der Waals surface area contributed by atoms with E-state index in [1.165, 1.54) is 18.4 Å². The van der Waals surface area contributed by atoms with Gasteiger partial charge < -0.3 is 9.30 Å². The van der Waals surface area contributed by atoms with Crippen molar-refractivity contribution in [3.05, 3.63) is 76.8 Å². The van der Waals surface area contributed by atoms with Crippen LogP contribution >= 0.6 is 11.3 Å². The molecule has 2 aromatic heterocycles. The van der Waals surface area contributed by atoms with Crippen molar-refractivity contribution in [3.8, 4) is 28.4 Å². The maximum Gasteiger partial charge on any atom is 0.259 e. The molecule has 0 aliphatic rings. The molecule has 0 spiro atoms. The van der Waals surface area contributed by atoms with Gasteiger partial charge in [0, 0.05) is 22.5 Å². The second-order valence-electron chi connectivity index (χ2n) is 7.65. The molecule has 9 heteroatoms. The van der Waals surface area contributed by atoms with Gasteiger partial charge in [-0.05, 0) is 23.6 Å². The van der Waals surface area contributed by atoms with Crippen molar-refractivity contribution in [1.82, 2.24) is 9.55 Å². The van der Waals surface area contributed by atoms with Gasteiger partial charge in [0.25, 0.3) is 11.3 Å². The number of carbonyl (C=O) groups is 1. The van der Waals surface area contributed by atoms with Gasteiger partial charge >= 0.3 is 0 Å². The van der Waals surface area contributed by atoms with Gasteiger partial charge in [0.2, 0.25) is 5.88 Å². The Morgan fingerprint density at radius 1 is 1.15 bits per heavy atom. The Morgan fingerprint density at radius 2 is 1.88 bits per heavy atom. The third kappa shape index (κ3) is 5.11. The molecule has 0 aliphatic heterocycles. The maximum atomic E-state index is 11.9. The van der Waals surface area contributed by atoms with E-state index in [1.807, 2.05) is 59.2 Å². The van der Waals surface area contributed by atoms with E-state index in [0.717, 1.165) is 46.3 Å². The molecule has 7 nitrogen and oxygen atoms in total. The lowest BCUT2D eigenvalue weighted by atomic mass is 10.0. The van der Waals surface area contributed by atoms with Crippen molar-refractivity contribution in [1.29, 1.82) is 0 Å². The van der Waals surface area contributed by atoms with E-state index in [4.69, 9.17) is 4.74 Å². The molecular weight excluding hydrogens is 470 g/mol. The lowest BCUT2D eigenvalue weighted by molar-refractivity contribution is 0.111. The van der Waals surface area contributed by atoms with Crippen LogP contribution in [0.4, 0.5) is 5.00 Å². The van der Waals surface area contributed by atoms with Crippen LogP contribution in [-0.2, 0) is 24.2 Å². The number of aldehydes is 1. The molecular formula is C25H25N3O4S2. The Labute approximate surface area is 204 Å². The van der Waals surface area contributed by atoms with Crippen molar-refractivity contribution in [2.24, 2.45) is 0 Å². The third-order valence-electron chi connectivity index (χ3n) is 5.38. The molecule has 2 aromatic carbocycles. The lowest BCUT2D eigenvalue weighted by Gasteiger charge is -2.11. The number of methoxy groups -OCH3 is 1. The number of benzene rings is 2. The van der Waals surface area contributed by atoms with Crippen molar-refractivity contribution in [2.75, 3.05) is 11.8 Å². The van der Waals surface area contributed by atoms with Crippen LogP contribution in [0.3, 0.4) is 0 Å². The molecule has 4 rings (SSSR count). The van der Waals surface area contributed by atoms with Crippen LogP contribution in [0.1, 0.15) is 34.3 Å². The van der Waals surface area contributed by atoms with E-state index in [0.29, 0.717) is 28.9 Å². The summed E-state index contributed by atoms with van der Waals surface area (Å²) in [4.78, 5) is 17.6. The molecule has 0 saturated carbocycles. The van der Waals surface area contributed by atoms with Gasteiger partial charge in [-0.1, -0.05) is 67.9 Å². The first-order valence-electron chi connectivity index (χ1n) is 10.8. The summed E-state index contributed by atoms with van der Waals surface area (Å²) in [7, 11) is 1.50. The molecule has 0 bridgehead atoms. The highest BCUT2D eigenvalue weighted by Gasteiger charge is 2.19. The molecule has 0 aliphatic carbocycles. The highest BCUT2D eigenvalue weighted by Crippen LogP contribution is 2.37. The Kier molecular flexibility index (Phi) is 7.56. The first-order valence-corrected chi connectivity index (χ1v) is 12.7. The Balaban J connectivity index is 1.68. The number of nitrogens with zero attached hydrogens (tertiary/aromatic N) is 2. The molecule has 4 aromatic rings. The molecule has 0 amide bonds. The molecule has 0 fully saturated rings. The third-order valence-corrected chi connectivity index (χ3v) is 6.99. The van der Waals surface area contributed by atoms with E-state index >= 15 is 0 Å². The van der Waals surface area contributed by atoms with Crippen LogP contribution in [-0.4, -0.2) is 31.7 Å². The summed E-state index contributed by atoms with van der Waals surface area (Å²) in [6.45, 7) is 2.54. The summed E-state index contributed by atoms with van der Waals surface area (Å²) in [6.07, 6.45) is 2.67. The number of aryl methyl sites for hydroxylation is 1. The molecule has 0 radical (unpaired) electrons. The van der Waals surface area contributed by atoms with Crippen molar-refractivity contribution < 1.29 is 18.3 Å². The number of ether oxygens (including phenoxy) is 1. The predicted molar refractivity (Wildman–Crippen MR) is 137 cm³/mol. The first-order chi connectivity index (χ1) is 16.5. The average Bonchev–Trinajstić information content (AvgIpc) is 3.40. The van der Waals surface area contributed by atoms with Gasteiger partial charge in [-0.3, -0.25) is 14.1 Å². The van der Waals surface area contributed by atoms with Crippen LogP contribution in [0.25, 0.3) is 22.5 Å². The van der Waals surface area contributed by atoms with Crippen molar-refractivity contribution in [2.45, 2.75) is 26.3 Å². The van der Waals surface area contributed by atoms with Gasteiger partial charge in [-0.2, -0.15) is 4.98 Å². The normalized spacial score (nSPS) is 11.9. The van der Waals surface area contributed by atoms with Crippen LogP contribution in [0.15, 0.2) is 60.7 Å². The molecule has 34 heavy (non-hydrogen) atoms. The predicted octanol–water partition coefficient (Wildman–Crippen LogP) is 5.65. The van der Waals surface area contributed by atoms with Crippen LogP contribution in [0.5, 0.6) is 5.88 Å². The van der Waals surface area contributed by atoms with E-state index in [2.05, 4.69) is 22.7 Å². The fourth-order valence-corrected chi connectivity index (χ4v) is 5.51. The van der Waals surface area contributed by atoms with Gasteiger partial charge in [0.05, 0.1) is 7.11 Å². The topological polar surface area (TPSA) is 93.5 Å². The Morgan fingerprint density at radius 3 is 2.50 bits per heavy atom. The monoisotopic (exact) mass is 495 g/mol. The Bertz CT molecular complexity index is 1300. The molecule has 2 N–H and O–H groups in total.